The number of esters is 1. The average Bonchev–Trinajstić information content (AvgIpc) is 2.56. The van der Waals surface area contributed by atoms with Crippen LogP contribution in [0.15, 0.2) is 48.5 Å². The minimum atomic E-state index is -0.217. The maximum Gasteiger partial charge on any atom is 0.308 e. The van der Waals surface area contributed by atoms with Crippen LogP contribution in [0.25, 0.3) is 0 Å². The standard InChI is InChI=1S/C20H23NO3/c1-14(2)20(23)24-13-17-8-10-18(11-9-17)21-19(22)12-16-6-4-15(3)5-7-16/h4-11,14H,12-13H2,1-3H3,(H,21,22). The van der Waals surface area contributed by atoms with Gasteiger partial charge in [0.2, 0.25) is 5.91 Å². The van der Waals surface area contributed by atoms with E-state index in [0.29, 0.717) is 6.42 Å². The molecule has 0 aliphatic heterocycles. The summed E-state index contributed by atoms with van der Waals surface area (Å²) in [6.07, 6.45) is 0.341. The molecule has 0 heterocycles. The topological polar surface area (TPSA) is 55.4 Å². The largest absolute Gasteiger partial charge is 0.461 e. The predicted octanol–water partition coefficient (Wildman–Crippen LogP) is 3.88. The first-order chi connectivity index (χ1) is 11.4. The van der Waals surface area contributed by atoms with Gasteiger partial charge in [-0.2, -0.15) is 0 Å². The molecule has 24 heavy (non-hydrogen) atoms. The van der Waals surface area contributed by atoms with Crippen LogP contribution in [0.3, 0.4) is 0 Å². The minimum absolute atomic E-state index is 0.0576. The molecule has 1 amide bonds. The normalized spacial score (nSPS) is 10.5. The second kappa shape index (κ2) is 8.29. The lowest BCUT2D eigenvalue weighted by molar-refractivity contribution is -0.148. The highest BCUT2D eigenvalue weighted by Crippen LogP contribution is 2.12. The summed E-state index contributed by atoms with van der Waals surface area (Å²) in [7, 11) is 0. The van der Waals surface area contributed by atoms with Crippen molar-refractivity contribution in [3.63, 3.8) is 0 Å². The molecule has 4 nitrogen and oxygen atoms in total. The Hall–Kier alpha value is -2.62. The zero-order valence-corrected chi connectivity index (χ0v) is 14.3. The van der Waals surface area contributed by atoms with Crippen molar-refractivity contribution in [3.8, 4) is 0 Å². The molecule has 2 aromatic rings. The van der Waals surface area contributed by atoms with Gasteiger partial charge in [0.1, 0.15) is 6.61 Å². The van der Waals surface area contributed by atoms with Gasteiger partial charge >= 0.3 is 5.97 Å². The third-order valence-corrected chi connectivity index (χ3v) is 3.58. The Morgan fingerprint density at radius 2 is 1.54 bits per heavy atom. The van der Waals surface area contributed by atoms with E-state index >= 15 is 0 Å². The van der Waals surface area contributed by atoms with Crippen molar-refractivity contribution < 1.29 is 14.3 Å². The Bertz CT molecular complexity index is 688. The van der Waals surface area contributed by atoms with Gasteiger partial charge in [0.05, 0.1) is 12.3 Å². The van der Waals surface area contributed by atoms with E-state index in [1.807, 2.05) is 55.5 Å². The van der Waals surface area contributed by atoms with Crippen molar-refractivity contribution in [3.05, 3.63) is 65.2 Å². The zero-order chi connectivity index (χ0) is 17.5. The molecule has 0 radical (unpaired) electrons. The molecule has 4 heteroatoms. The summed E-state index contributed by atoms with van der Waals surface area (Å²) in [5.74, 6) is -0.409. The summed E-state index contributed by atoms with van der Waals surface area (Å²) in [6.45, 7) is 5.86. The molecule has 0 aromatic heterocycles. The third-order valence-electron chi connectivity index (χ3n) is 3.58. The molecule has 0 aliphatic carbocycles. The highest BCUT2D eigenvalue weighted by Gasteiger charge is 2.08. The van der Waals surface area contributed by atoms with Gasteiger partial charge in [0, 0.05) is 5.69 Å². The molecule has 0 fully saturated rings. The van der Waals surface area contributed by atoms with Gasteiger partial charge < -0.3 is 10.1 Å². The Labute approximate surface area is 142 Å². The monoisotopic (exact) mass is 325 g/mol. The Kier molecular flexibility index (Phi) is 6.13. The average molecular weight is 325 g/mol. The number of nitrogens with one attached hydrogen (secondary N) is 1. The van der Waals surface area contributed by atoms with Crippen LogP contribution in [0, 0.1) is 12.8 Å². The summed E-state index contributed by atoms with van der Waals surface area (Å²) >= 11 is 0. The number of ether oxygens (including phenoxy) is 1. The van der Waals surface area contributed by atoms with Crippen LogP contribution in [-0.2, 0) is 27.4 Å². The molecular formula is C20H23NO3. The number of hydrogen-bond acceptors (Lipinski definition) is 3. The molecule has 0 aliphatic rings. The lowest BCUT2D eigenvalue weighted by atomic mass is 10.1. The van der Waals surface area contributed by atoms with E-state index in [2.05, 4.69) is 5.32 Å². The molecule has 2 rings (SSSR count). The van der Waals surface area contributed by atoms with E-state index in [0.717, 1.165) is 16.8 Å². The van der Waals surface area contributed by atoms with E-state index < -0.39 is 0 Å². The molecular weight excluding hydrogens is 302 g/mol. The summed E-state index contributed by atoms with van der Waals surface area (Å²) in [5.41, 5.74) is 3.77. The molecule has 0 spiro atoms. The first-order valence-corrected chi connectivity index (χ1v) is 8.05. The molecule has 0 atom stereocenters. The summed E-state index contributed by atoms with van der Waals surface area (Å²) in [6, 6.07) is 15.2. The van der Waals surface area contributed by atoms with E-state index in [4.69, 9.17) is 4.74 Å². The van der Waals surface area contributed by atoms with Gasteiger partial charge in [-0.25, -0.2) is 0 Å². The van der Waals surface area contributed by atoms with Crippen molar-refractivity contribution in [2.45, 2.75) is 33.8 Å². The smallest absolute Gasteiger partial charge is 0.308 e. The number of carbonyl (C=O) groups excluding carboxylic acids is 2. The number of carbonyl (C=O) groups is 2. The summed E-state index contributed by atoms with van der Waals surface area (Å²) in [5, 5.41) is 2.87. The first-order valence-electron chi connectivity index (χ1n) is 8.05. The second-order valence-corrected chi connectivity index (χ2v) is 6.17. The van der Waals surface area contributed by atoms with Gasteiger partial charge in [-0.15, -0.1) is 0 Å². The molecule has 0 bridgehead atoms. The number of rotatable bonds is 6. The number of amides is 1. The number of aryl methyl sites for hydroxylation is 1. The summed E-state index contributed by atoms with van der Waals surface area (Å²) in [4.78, 5) is 23.5. The fraction of sp³-hybridized carbons (Fsp3) is 0.300. The van der Waals surface area contributed by atoms with Gasteiger partial charge in [-0.05, 0) is 30.2 Å². The van der Waals surface area contributed by atoms with Crippen LogP contribution >= 0.6 is 0 Å². The van der Waals surface area contributed by atoms with E-state index in [9.17, 15) is 9.59 Å². The van der Waals surface area contributed by atoms with Crippen molar-refractivity contribution in [1.29, 1.82) is 0 Å². The van der Waals surface area contributed by atoms with Crippen LogP contribution in [0.1, 0.15) is 30.5 Å². The Balaban J connectivity index is 1.85. The van der Waals surface area contributed by atoms with E-state index in [1.165, 1.54) is 5.56 Å². The summed E-state index contributed by atoms with van der Waals surface area (Å²) < 4.78 is 5.17. The van der Waals surface area contributed by atoms with Crippen LogP contribution in [0.4, 0.5) is 5.69 Å². The van der Waals surface area contributed by atoms with E-state index in [1.54, 1.807) is 13.8 Å². The number of anilines is 1. The number of hydrogen-bond donors (Lipinski definition) is 1. The molecule has 1 N–H and O–H groups in total. The lowest BCUT2D eigenvalue weighted by Crippen LogP contribution is -2.14. The maximum atomic E-state index is 12.1. The van der Waals surface area contributed by atoms with Crippen LogP contribution < -0.4 is 5.32 Å². The maximum absolute atomic E-state index is 12.1. The van der Waals surface area contributed by atoms with E-state index in [-0.39, 0.29) is 24.4 Å². The van der Waals surface area contributed by atoms with Crippen molar-refractivity contribution in [1.82, 2.24) is 0 Å². The van der Waals surface area contributed by atoms with Gasteiger partial charge in [-0.1, -0.05) is 55.8 Å². The predicted molar refractivity (Wildman–Crippen MR) is 94.6 cm³/mol. The highest BCUT2D eigenvalue weighted by molar-refractivity contribution is 5.92. The zero-order valence-electron chi connectivity index (χ0n) is 14.3. The SMILES string of the molecule is Cc1ccc(CC(=O)Nc2ccc(COC(=O)C(C)C)cc2)cc1. The van der Waals surface area contributed by atoms with Crippen LogP contribution in [-0.4, -0.2) is 11.9 Å². The fourth-order valence-corrected chi connectivity index (χ4v) is 2.10. The van der Waals surface area contributed by atoms with Crippen molar-refractivity contribution in [2.24, 2.45) is 5.92 Å². The van der Waals surface area contributed by atoms with Gasteiger partial charge in [-0.3, -0.25) is 9.59 Å². The molecule has 0 saturated heterocycles. The second-order valence-electron chi connectivity index (χ2n) is 6.17. The van der Waals surface area contributed by atoms with Crippen molar-refractivity contribution in [2.75, 3.05) is 5.32 Å². The fourth-order valence-electron chi connectivity index (χ4n) is 2.10. The van der Waals surface area contributed by atoms with Crippen LogP contribution in [0.5, 0.6) is 0 Å². The number of benzene rings is 2. The molecule has 2 aromatic carbocycles. The molecule has 126 valence electrons. The molecule has 0 unspecified atom stereocenters. The Morgan fingerprint density at radius 3 is 2.12 bits per heavy atom. The van der Waals surface area contributed by atoms with Gasteiger partial charge in [0.25, 0.3) is 0 Å². The Morgan fingerprint density at radius 1 is 0.958 bits per heavy atom. The van der Waals surface area contributed by atoms with Gasteiger partial charge in [0.15, 0.2) is 0 Å². The minimum Gasteiger partial charge on any atom is -0.461 e. The van der Waals surface area contributed by atoms with Crippen LogP contribution in [0.2, 0.25) is 0 Å². The third kappa shape index (κ3) is 5.54. The quantitative estimate of drug-likeness (QED) is 0.820. The first kappa shape index (κ1) is 17.7. The van der Waals surface area contributed by atoms with Crippen molar-refractivity contribution >= 4 is 17.6 Å². The molecule has 0 saturated carbocycles. The highest BCUT2D eigenvalue weighted by atomic mass is 16.5. The lowest BCUT2D eigenvalue weighted by Gasteiger charge is -2.09.